The predicted octanol–water partition coefficient (Wildman–Crippen LogP) is 2.09. The molecule has 0 aliphatic rings. The van der Waals surface area contributed by atoms with Crippen molar-refractivity contribution in [3.63, 3.8) is 0 Å². The van der Waals surface area contributed by atoms with Crippen molar-refractivity contribution < 1.29 is 12.8 Å². The van der Waals surface area contributed by atoms with Crippen LogP contribution in [-0.2, 0) is 23.1 Å². The number of rotatable bonds is 6. The molecule has 1 aromatic carbocycles. The van der Waals surface area contributed by atoms with Gasteiger partial charge in [0.2, 0.25) is 10.0 Å². The number of halogens is 1. The fourth-order valence-corrected chi connectivity index (χ4v) is 3.94. The topological polar surface area (TPSA) is 58.2 Å². The van der Waals surface area contributed by atoms with Gasteiger partial charge in [0.25, 0.3) is 0 Å². The lowest BCUT2D eigenvalue weighted by Gasteiger charge is -2.05. The highest BCUT2D eigenvalue weighted by Crippen LogP contribution is 2.19. The van der Waals surface area contributed by atoms with Gasteiger partial charge in [0.05, 0.1) is 4.90 Å². The zero-order valence-electron chi connectivity index (χ0n) is 10.9. The largest absolute Gasteiger partial charge is 0.315 e. The molecule has 0 bridgehead atoms. The summed E-state index contributed by atoms with van der Waals surface area (Å²) in [5.41, 5.74) is 0.709. The number of hydrogen-bond acceptors (Lipinski definition) is 4. The normalized spacial score (nSPS) is 11.7. The molecule has 108 valence electrons. The van der Waals surface area contributed by atoms with Crippen LogP contribution in [0.4, 0.5) is 4.39 Å². The Kier molecular flexibility index (Phi) is 4.87. The van der Waals surface area contributed by atoms with E-state index in [0.29, 0.717) is 12.1 Å². The highest BCUT2D eigenvalue weighted by atomic mass is 32.2. The van der Waals surface area contributed by atoms with Gasteiger partial charge in [-0.3, -0.25) is 0 Å². The van der Waals surface area contributed by atoms with E-state index in [1.807, 2.05) is 0 Å². The van der Waals surface area contributed by atoms with Crippen LogP contribution in [-0.4, -0.2) is 15.5 Å². The average molecular weight is 314 g/mol. The number of benzene rings is 1. The molecule has 0 spiro atoms. The van der Waals surface area contributed by atoms with Crippen molar-refractivity contribution in [2.75, 3.05) is 7.05 Å². The SMILES string of the molecule is CNCc1cc(S(=O)(=O)NCc2ccc(F)cc2)cs1. The van der Waals surface area contributed by atoms with Crippen molar-refractivity contribution in [1.82, 2.24) is 10.0 Å². The van der Waals surface area contributed by atoms with E-state index in [1.54, 1.807) is 30.6 Å². The van der Waals surface area contributed by atoms with Gasteiger partial charge in [-0.15, -0.1) is 11.3 Å². The first-order chi connectivity index (χ1) is 9.51. The van der Waals surface area contributed by atoms with E-state index in [9.17, 15) is 12.8 Å². The molecule has 0 saturated carbocycles. The second kappa shape index (κ2) is 6.45. The van der Waals surface area contributed by atoms with Crippen LogP contribution >= 0.6 is 11.3 Å². The maximum absolute atomic E-state index is 12.8. The van der Waals surface area contributed by atoms with Crippen molar-refractivity contribution >= 4 is 21.4 Å². The number of nitrogens with one attached hydrogen (secondary N) is 2. The number of hydrogen-bond donors (Lipinski definition) is 2. The van der Waals surface area contributed by atoms with Crippen molar-refractivity contribution in [3.8, 4) is 0 Å². The zero-order chi connectivity index (χ0) is 14.6. The molecule has 0 aliphatic heterocycles. The summed E-state index contributed by atoms with van der Waals surface area (Å²) < 4.78 is 39.4. The maximum Gasteiger partial charge on any atom is 0.241 e. The van der Waals surface area contributed by atoms with Crippen LogP contribution in [0.3, 0.4) is 0 Å². The Morgan fingerprint density at radius 2 is 1.90 bits per heavy atom. The Balaban J connectivity index is 2.04. The quantitative estimate of drug-likeness (QED) is 0.858. The van der Waals surface area contributed by atoms with Crippen LogP contribution in [0.2, 0.25) is 0 Å². The maximum atomic E-state index is 12.8. The third-order valence-electron chi connectivity index (χ3n) is 2.67. The first kappa shape index (κ1) is 15.1. The minimum Gasteiger partial charge on any atom is -0.315 e. The van der Waals surface area contributed by atoms with E-state index in [1.165, 1.54) is 23.5 Å². The first-order valence-corrected chi connectivity index (χ1v) is 8.33. The zero-order valence-corrected chi connectivity index (χ0v) is 12.5. The molecule has 0 amide bonds. The van der Waals surface area contributed by atoms with Crippen LogP contribution in [0.5, 0.6) is 0 Å². The molecule has 0 atom stereocenters. The second-order valence-electron chi connectivity index (χ2n) is 4.23. The Hall–Kier alpha value is -1.28. The molecule has 0 fully saturated rings. The minimum atomic E-state index is -3.53. The van der Waals surface area contributed by atoms with Gasteiger partial charge in [0.15, 0.2) is 0 Å². The van der Waals surface area contributed by atoms with Crippen LogP contribution < -0.4 is 10.0 Å². The van der Waals surface area contributed by atoms with Crippen molar-refractivity contribution in [2.45, 2.75) is 18.0 Å². The lowest BCUT2D eigenvalue weighted by atomic mass is 10.2. The summed E-state index contributed by atoms with van der Waals surface area (Å²) in [6.45, 7) is 0.776. The Bertz CT molecular complexity index is 666. The van der Waals surface area contributed by atoms with E-state index in [4.69, 9.17) is 0 Å². The van der Waals surface area contributed by atoms with E-state index >= 15 is 0 Å². The molecule has 20 heavy (non-hydrogen) atoms. The van der Waals surface area contributed by atoms with E-state index < -0.39 is 10.0 Å². The van der Waals surface area contributed by atoms with Gasteiger partial charge in [-0.1, -0.05) is 12.1 Å². The molecule has 2 N–H and O–H groups in total. The van der Waals surface area contributed by atoms with E-state index in [-0.39, 0.29) is 17.3 Å². The van der Waals surface area contributed by atoms with E-state index in [0.717, 1.165) is 4.88 Å². The minimum absolute atomic E-state index is 0.139. The molecule has 1 heterocycles. The molecule has 0 unspecified atom stereocenters. The fourth-order valence-electron chi connectivity index (χ4n) is 1.63. The Labute approximate surface area is 121 Å². The Morgan fingerprint density at radius 1 is 1.20 bits per heavy atom. The summed E-state index contributed by atoms with van der Waals surface area (Å²) in [6, 6.07) is 7.36. The van der Waals surface area contributed by atoms with Crippen molar-refractivity contribution in [1.29, 1.82) is 0 Å². The third kappa shape index (κ3) is 3.86. The summed E-state index contributed by atoms with van der Waals surface area (Å²) in [6.07, 6.45) is 0. The highest BCUT2D eigenvalue weighted by molar-refractivity contribution is 7.89. The number of sulfonamides is 1. The fraction of sp³-hybridized carbons (Fsp3) is 0.231. The lowest BCUT2D eigenvalue weighted by Crippen LogP contribution is -2.22. The average Bonchev–Trinajstić information content (AvgIpc) is 2.88. The molecule has 0 saturated heterocycles. The summed E-state index contributed by atoms with van der Waals surface area (Å²) >= 11 is 1.39. The van der Waals surface area contributed by atoms with Gasteiger partial charge in [-0.2, -0.15) is 0 Å². The molecular formula is C13H15FN2O2S2. The third-order valence-corrected chi connectivity index (χ3v) is 5.14. The highest BCUT2D eigenvalue weighted by Gasteiger charge is 2.15. The Morgan fingerprint density at radius 3 is 2.55 bits per heavy atom. The molecule has 1 aromatic heterocycles. The molecular weight excluding hydrogens is 299 g/mol. The van der Waals surface area contributed by atoms with Gasteiger partial charge in [-0.05, 0) is 30.8 Å². The number of thiophene rings is 1. The molecule has 2 rings (SSSR count). The smallest absolute Gasteiger partial charge is 0.241 e. The lowest BCUT2D eigenvalue weighted by molar-refractivity contribution is 0.581. The molecule has 7 heteroatoms. The van der Waals surface area contributed by atoms with Crippen LogP contribution in [0.15, 0.2) is 40.6 Å². The molecule has 0 aliphatic carbocycles. The van der Waals surface area contributed by atoms with Crippen LogP contribution in [0, 0.1) is 5.82 Å². The first-order valence-electron chi connectivity index (χ1n) is 5.97. The van der Waals surface area contributed by atoms with Gasteiger partial charge in [0, 0.05) is 23.3 Å². The summed E-state index contributed by atoms with van der Waals surface area (Å²) in [7, 11) is -1.72. The summed E-state index contributed by atoms with van der Waals surface area (Å²) in [5.74, 6) is -0.342. The molecule has 2 aromatic rings. The monoisotopic (exact) mass is 314 g/mol. The summed E-state index contributed by atoms with van der Waals surface area (Å²) in [4.78, 5) is 1.21. The van der Waals surface area contributed by atoms with Gasteiger partial charge < -0.3 is 5.32 Å². The predicted molar refractivity (Wildman–Crippen MR) is 77.5 cm³/mol. The van der Waals surface area contributed by atoms with Gasteiger partial charge in [-0.25, -0.2) is 17.5 Å². The van der Waals surface area contributed by atoms with Crippen molar-refractivity contribution in [2.24, 2.45) is 0 Å². The van der Waals surface area contributed by atoms with E-state index in [2.05, 4.69) is 10.0 Å². The van der Waals surface area contributed by atoms with Gasteiger partial charge >= 0.3 is 0 Å². The molecule has 4 nitrogen and oxygen atoms in total. The van der Waals surface area contributed by atoms with Crippen molar-refractivity contribution in [3.05, 3.63) is 52.0 Å². The second-order valence-corrected chi connectivity index (χ2v) is 6.99. The molecule has 0 radical (unpaired) electrons. The standard InChI is InChI=1S/C13H15FN2O2S2/c1-15-8-12-6-13(9-19-12)20(17,18)16-7-10-2-4-11(14)5-3-10/h2-6,9,15-16H,7-8H2,1H3. The van der Waals surface area contributed by atoms with Crippen LogP contribution in [0.25, 0.3) is 0 Å². The van der Waals surface area contributed by atoms with Crippen LogP contribution in [0.1, 0.15) is 10.4 Å². The summed E-state index contributed by atoms with van der Waals surface area (Å²) in [5, 5.41) is 4.58. The van der Waals surface area contributed by atoms with Gasteiger partial charge in [0.1, 0.15) is 5.82 Å².